The van der Waals surface area contributed by atoms with Crippen LogP contribution in [0.25, 0.3) is 11.0 Å². The second kappa shape index (κ2) is 9.32. The first-order chi connectivity index (χ1) is 14.5. The number of carbonyl (C=O) groups is 2. The van der Waals surface area contributed by atoms with Gasteiger partial charge in [0.25, 0.3) is 0 Å². The van der Waals surface area contributed by atoms with Crippen LogP contribution in [0, 0.1) is 0 Å². The molecule has 0 spiro atoms. The third-order valence-electron chi connectivity index (χ3n) is 4.82. The molecule has 0 saturated heterocycles. The van der Waals surface area contributed by atoms with Gasteiger partial charge in [-0.15, -0.1) is 11.8 Å². The largest absolute Gasteiger partial charge is 0.346 e. The van der Waals surface area contributed by atoms with Crippen LogP contribution in [0.4, 0.5) is 5.69 Å². The highest BCUT2D eigenvalue weighted by Gasteiger charge is 2.30. The van der Waals surface area contributed by atoms with Crippen molar-refractivity contribution in [3.63, 3.8) is 0 Å². The van der Waals surface area contributed by atoms with Crippen molar-refractivity contribution in [3.8, 4) is 0 Å². The Hall–Kier alpha value is -2.16. The molecule has 2 aromatic carbocycles. The number of para-hydroxylation sites is 2. The Labute approximate surface area is 187 Å². The average Bonchev–Trinajstić information content (AvgIpc) is 3.16. The van der Waals surface area contributed by atoms with E-state index < -0.39 is 5.25 Å². The Morgan fingerprint density at radius 2 is 2.17 bits per heavy atom. The summed E-state index contributed by atoms with van der Waals surface area (Å²) < 4.78 is 0. The molecule has 30 heavy (non-hydrogen) atoms. The molecule has 0 unspecified atom stereocenters. The molecule has 2 atom stereocenters. The number of aromatic nitrogens is 2. The standard InChI is InChI=1S/C21H21ClN4O2S2/c1-29-9-8-15(20-24-13-4-2-3-5-14(13)25-20)23-19(27)11-18-21(28)26-16-10-12(22)6-7-17(16)30-18/h2-7,10,15,18H,8-9,11H2,1H3,(H,23,27)(H,24,25)(H,26,28)/t15-,18-/m0/s1. The average molecular weight is 461 g/mol. The minimum atomic E-state index is -0.490. The third kappa shape index (κ3) is 4.77. The summed E-state index contributed by atoms with van der Waals surface area (Å²) in [6.45, 7) is 0. The van der Waals surface area contributed by atoms with Gasteiger partial charge in [0.05, 0.1) is 28.0 Å². The summed E-state index contributed by atoms with van der Waals surface area (Å²) in [5.41, 5.74) is 2.50. The molecule has 3 aromatic rings. The fourth-order valence-electron chi connectivity index (χ4n) is 3.33. The molecule has 6 nitrogen and oxygen atoms in total. The van der Waals surface area contributed by atoms with Crippen LogP contribution in [0.1, 0.15) is 24.7 Å². The van der Waals surface area contributed by atoms with Gasteiger partial charge < -0.3 is 15.6 Å². The quantitative estimate of drug-likeness (QED) is 0.478. The number of anilines is 1. The van der Waals surface area contributed by atoms with E-state index in [2.05, 4.69) is 20.6 Å². The zero-order valence-electron chi connectivity index (χ0n) is 16.3. The van der Waals surface area contributed by atoms with Crippen molar-refractivity contribution < 1.29 is 9.59 Å². The molecule has 2 amide bonds. The topological polar surface area (TPSA) is 86.9 Å². The molecule has 0 fully saturated rings. The summed E-state index contributed by atoms with van der Waals surface area (Å²) >= 11 is 9.10. The van der Waals surface area contributed by atoms with Crippen LogP contribution in [0.3, 0.4) is 0 Å². The maximum atomic E-state index is 12.8. The molecule has 1 aliphatic rings. The maximum Gasteiger partial charge on any atom is 0.238 e. The number of carbonyl (C=O) groups excluding carboxylic acids is 2. The number of benzene rings is 2. The van der Waals surface area contributed by atoms with Crippen molar-refractivity contribution in [2.45, 2.75) is 29.0 Å². The molecule has 156 valence electrons. The molecular formula is C21H21ClN4O2S2. The molecule has 3 N–H and O–H groups in total. The number of hydrogen-bond donors (Lipinski definition) is 3. The molecule has 9 heteroatoms. The summed E-state index contributed by atoms with van der Waals surface area (Å²) in [6.07, 6.45) is 2.87. The summed E-state index contributed by atoms with van der Waals surface area (Å²) in [6, 6.07) is 12.9. The van der Waals surface area contributed by atoms with Crippen LogP contribution in [0.2, 0.25) is 5.02 Å². The first-order valence-electron chi connectivity index (χ1n) is 9.53. The van der Waals surface area contributed by atoms with Crippen molar-refractivity contribution >= 4 is 63.7 Å². The van der Waals surface area contributed by atoms with Crippen LogP contribution in [-0.4, -0.2) is 39.0 Å². The zero-order valence-corrected chi connectivity index (χ0v) is 18.7. The molecular weight excluding hydrogens is 440 g/mol. The predicted octanol–water partition coefficient (Wildman–Crippen LogP) is 4.63. The van der Waals surface area contributed by atoms with Crippen molar-refractivity contribution in [3.05, 3.63) is 53.3 Å². The van der Waals surface area contributed by atoms with Crippen molar-refractivity contribution in [1.82, 2.24) is 15.3 Å². The Morgan fingerprint density at radius 3 is 2.97 bits per heavy atom. The van der Waals surface area contributed by atoms with Gasteiger partial charge in [0, 0.05) is 16.3 Å². The molecule has 0 radical (unpaired) electrons. The number of H-pyrrole nitrogens is 1. The highest BCUT2D eigenvalue weighted by Crippen LogP contribution is 2.38. The molecule has 2 heterocycles. The van der Waals surface area contributed by atoms with Gasteiger partial charge in [0.2, 0.25) is 11.8 Å². The van der Waals surface area contributed by atoms with E-state index in [1.807, 2.05) is 36.6 Å². The van der Waals surface area contributed by atoms with Gasteiger partial charge in [-0.05, 0) is 48.8 Å². The molecule has 0 aliphatic carbocycles. The molecule has 4 rings (SSSR count). The molecule has 0 saturated carbocycles. The fraction of sp³-hybridized carbons (Fsp3) is 0.286. The van der Waals surface area contributed by atoms with E-state index in [1.54, 1.807) is 23.9 Å². The van der Waals surface area contributed by atoms with Gasteiger partial charge in [0.15, 0.2) is 0 Å². The smallest absolute Gasteiger partial charge is 0.238 e. The highest BCUT2D eigenvalue weighted by atomic mass is 35.5. The number of rotatable bonds is 7. The van der Waals surface area contributed by atoms with E-state index in [9.17, 15) is 9.59 Å². The van der Waals surface area contributed by atoms with Gasteiger partial charge >= 0.3 is 0 Å². The van der Waals surface area contributed by atoms with Crippen molar-refractivity contribution in [2.24, 2.45) is 0 Å². The second-order valence-electron chi connectivity index (χ2n) is 6.98. The SMILES string of the molecule is CSCC[C@H](NC(=O)C[C@@H]1Sc2ccc(Cl)cc2NC1=O)c1nc2ccccc2[nH]1. The monoisotopic (exact) mass is 460 g/mol. The van der Waals surface area contributed by atoms with Crippen molar-refractivity contribution in [2.75, 3.05) is 17.3 Å². The van der Waals surface area contributed by atoms with Gasteiger partial charge in [-0.3, -0.25) is 9.59 Å². The third-order valence-corrected chi connectivity index (χ3v) is 6.97. The number of hydrogen-bond acceptors (Lipinski definition) is 5. The highest BCUT2D eigenvalue weighted by molar-refractivity contribution is 8.01. The number of thioether (sulfide) groups is 2. The summed E-state index contributed by atoms with van der Waals surface area (Å²) in [4.78, 5) is 34.1. The Balaban J connectivity index is 1.46. The van der Waals surface area contributed by atoms with Crippen LogP contribution in [-0.2, 0) is 9.59 Å². The number of nitrogens with zero attached hydrogens (tertiary/aromatic N) is 1. The van der Waals surface area contributed by atoms with Crippen LogP contribution in [0.15, 0.2) is 47.4 Å². The van der Waals surface area contributed by atoms with E-state index in [-0.39, 0.29) is 24.3 Å². The number of nitrogens with one attached hydrogen (secondary N) is 3. The first kappa shape index (κ1) is 21.1. The minimum Gasteiger partial charge on any atom is -0.346 e. The lowest BCUT2D eigenvalue weighted by Gasteiger charge is -2.24. The molecule has 1 aromatic heterocycles. The summed E-state index contributed by atoms with van der Waals surface area (Å²) in [5, 5.41) is 5.99. The number of aromatic amines is 1. The molecule has 1 aliphatic heterocycles. The summed E-state index contributed by atoms with van der Waals surface area (Å²) in [7, 11) is 0. The van der Waals surface area contributed by atoms with Gasteiger partial charge in [-0.2, -0.15) is 11.8 Å². The van der Waals surface area contributed by atoms with E-state index in [4.69, 9.17) is 11.6 Å². The first-order valence-corrected chi connectivity index (χ1v) is 12.2. The Bertz CT molecular complexity index is 1050. The lowest BCUT2D eigenvalue weighted by Crippen LogP contribution is -2.36. The summed E-state index contributed by atoms with van der Waals surface area (Å²) in [5.74, 6) is 1.26. The number of imidazole rings is 1. The van der Waals surface area contributed by atoms with Crippen LogP contribution >= 0.6 is 35.1 Å². The Morgan fingerprint density at radius 1 is 1.33 bits per heavy atom. The van der Waals surface area contributed by atoms with E-state index in [0.29, 0.717) is 10.7 Å². The fourth-order valence-corrected chi connectivity index (χ4v) is 5.06. The van der Waals surface area contributed by atoms with Gasteiger partial charge in [-0.1, -0.05) is 23.7 Å². The van der Waals surface area contributed by atoms with Crippen LogP contribution in [0.5, 0.6) is 0 Å². The van der Waals surface area contributed by atoms with Gasteiger partial charge in [0.1, 0.15) is 5.82 Å². The van der Waals surface area contributed by atoms with E-state index in [0.717, 1.165) is 33.9 Å². The van der Waals surface area contributed by atoms with Crippen molar-refractivity contribution in [1.29, 1.82) is 0 Å². The Kier molecular flexibility index (Phi) is 6.55. The van der Waals surface area contributed by atoms with Crippen LogP contribution < -0.4 is 10.6 Å². The predicted molar refractivity (Wildman–Crippen MR) is 124 cm³/mol. The number of amides is 2. The maximum absolute atomic E-state index is 12.8. The lowest BCUT2D eigenvalue weighted by molar-refractivity contribution is -0.124. The lowest BCUT2D eigenvalue weighted by atomic mass is 10.2. The minimum absolute atomic E-state index is 0.0918. The molecule has 0 bridgehead atoms. The second-order valence-corrected chi connectivity index (χ2v) is 9.65. The van der Waals surface area contributed by atoms with E-state index >= 15 is 0 Å². The number of halogens is 1. The normalized spacial score (nSPS) is 16.7. The zero-order chi connectivity index (χ0) is 21.1. The van der Waals surface area contributed by atoms with Gasteiger partial charge in [-0.25, -0.2) is 4.98 Å². The van der Waals surface area contributed by atoms with E-state index in [1.165, 1.54) is 11.8 Å². The number of fused-ring (bicyclic) bond motifs is 2.